The summed E-state index contributed by atoms with van der Waals surface area (Å²) in [5.41, 5.74) is 0.741. The molecule has 5 nitrogen and oxygen atoms in total. The third-order valence-corrected chi connectivity index (χ3v) is 2.41. The zero-order valence-electron chi connectivity index (χ0n) is 11.2. The van der Waals surface area contributed by atoms with Crippen molar-refractivity contribution in [2.75, 3.05) is 27.4 Å². The Hall–Kier alpha value is -1.46. The zero-order valence-corrected chi connectivity index (χ0v) is 11.2. The highest BCUT2D eigenvalue weighted by molar-refractivity contribution is 5.53. The summed E-state index contributed by atoms with van der Waals surface area (Å²) in [4.78, 5) is 0. The van der Waals surface area contributed by atoms with E-state index in [2.05, 4.69) is 0 Å². The second kappa shape index (κ2) is 7.08. The predicted octanol–water partition coefficient (Wildman–Crippen LogP) is 2.48. The van der Waals surface area contributed by atoms with Gasteiger partial charge in [0.25, 0.3) is 0 Å². The van der Waals surface area contributed by atoms with Gasteiger partial charge in [-0.15, -0.1) is 0 Å². The minimum Gasteiger partial charge on any atom is -0.502 e. The molecule has 0 amide bonds. The van der Waals surface area contributed by atoms with Crippen LogP contribution in [-0.4, -0.2) is 32.5 Å². The first-order valence-corrected chi connectivity index (χ1v) is 5.85. The molecule has 0 aliphatic heterocycles. The van der Waals surface area contributed by atoms with E-state index < -0.39 is 6.29 Å². The Bertz CT molecular complexity index is 347. The fourth-order valence-corrected chi connectivity index (χ4v) is 1.59. The highest BCUT2D eigenvalue weighted by Gasteiger charge is 2.18. The van der Waals surface area contributed by atoms with E-state index in [0.717, 1.165) is 5.56 Å². The average Bonchev–Trinajstić information content (AvgIpc) is 2.39. The molecule has 0 fully saturated rings. The molecule has 5 heteroatoms. The molecule has 18 heavy (non-hydrogen) atoms. The molecular weight excluding hydrogens is 236 g/mol. The van der Waals surface area contributed by atoms with Crippen molar-refractivity contribution in [1.82, 2.24) is 0 Å². The Balaban J connectivity index is 3.13. The van der Waals surface area contributed by atoms with E-state index >= 15 is 0 Å². The first-order chi connectivity index (χ1) is 8.67. The van der Waals surface area contributed by atoms with Crippen molar-refractivity contribution in [3.05, 3.63) is 17.7 Å². The molecule has 0 atom stereocenters. The first kappa shape index (κ1) is 14.6. The zero-order chi connectivity index (χ0) is 13.5. The average molecular weight is 256 g/mol. The topological polar surface area (TPSA) is 57.2 Å². The highest BCUT2D eigenvalue weighted by Crippen LogP contribution is 2.39. The van der Waals surface area contributed by atoms with Crippen LogP contribution in [0.4, 0.5) is 0 Å². The van der Waals surface area contributed by atoms with Crippen molar-refractivity contribution in [3.63, 3.8) is 0 Å². The van der Waals surface area contributed by atoms with Crippen LogP contribution in [0.2, 0.25) is 0 Å². The van der Waals surface area contributed by atoms with Crippen LogP contribution in [0.3, 0.4) is 0 Å². The quantitative estimate of drug-likeness (QED) is 0.759. The summed E-state index contributed by atoms with van der Waals surface area (Å²) < 4.78 is 21.2. The Kier molecular flexibility index (Phi) is 5.74. The summed E-state index contributed by atoms with van der Waals surface area (Å²) in [7, 11) is 2.96. The predicted molar refractivity (Wildman–Crippen MR) is 67.2 cm³/mol. The van der Waals surface area contributed by atoms with Gasteiger partial charge >= 0.3 is 0 Å². The molecule has 0 bridgehead atoms. The number of phenolic OH excluding ortho intramolecular Hbond substituents is 1. The van der Waals surface area contributed by atoms with Gasteiger partial charge in [-0.3, -0.25) is 0 Å². The van der Waals surface area contributed by atoms with Gasteiger partial charge in [0.1, 0.15) is 0 Å². The summed E-state index contributed by atoms with van der Waals surface area (Å²) in [5, 5.41) is 9.82. The highest BCUT2D eigenvalue weighted by atomic mass is 16.7. The Morgan fingerprint density at radius 2 is 1.44 bits per heavy atom. The fraction of sp³-hybridized carbons (Fsp3) is 0.538. The van der Waals surface area contributed by atoms with E-state index in [0.29, 0.717) is 24.7 Å². The molecule has 0 aromatic heterocycles. The van der Waals surface area contributed by atoms with Gasteiger partial charge in [0.05, 0.1) is 14.2 Å². The van der Waals surface area contributed by atoms with Crippen LogP contribution in [0.15, 0.2) is 12.1 Å². The third-order valence-electron chi connectivity index (χ3n) is 2.41. The van der Waals surface area contributed by atoms with Gasteiger partial charge in [0.15, 0.2) is 17.8 Å². The number of hydrogen-bond acceptors (Lipinski definition) is 5. The van der Waals surface area contributed by atoms with E-state index in [4.69, 9.17) is 18.9 Å². The maximum Gasteiger partial charge on any atom is 0.200 e. The summed E-state index contributed by atoms with van der Waals surface area (Å²) in [6.07, 6.45) is -0.497. The Labute approximate surface area is 107 Å². The standard InChI is InChI=1S/C13H20O5/c1-5-17-13(18-6-2)9-7-10(15-3)12(14)11(8-9)16-4/h7-8,13-14H,5-6H2,1-4H3. The molecule has 1 aromatic carbocycles. The molecule has 0 unspecified atom stereocenters. The van der Waals surface area contributed by atoms with E-state index in [1.807, 2.05) is 13.8 Å². The van der Waals surface area contributed by atoms with Crippen LogP contribution in [-0.2, 0) is 9.47 Å². The largest absolute Gasteiger partial charge is 0.502 e. The molecule has 0 saturated carbocycles. The molecule has 0 radical (unpaired) electrons. The lowest BCUT2D eigenvalue weighted by Crippen LogP contribution is -2.09. The molecule has 0 heterocycles. The number of methoxy groups -OCH3 is 2. The van der Waals surface area contributed by atoms with Crippen LogP contribution < -0.4 is 9.47 Å². The van der Waals surface area contributed by atoms with Crippen LogP contribution in [0.5, 0.6) is 17.2 Å². The maximum absolute atomic E-state index is 9.82. The van der Waals surface area contributed by atoms with Gasteiger partial charge < -0.3 is 24.1 Å². The molecule has 1 rings (SSSR count). The first-order valence-electron chi connectivity index (χ1n) is 5.85. The van der Waals surface area contributed by atoms with Gasteiger partial charge in [0, 0.05) is 18.8 Å². The van der Waals surface area contributed by atoms with Crippen molar-refractivity contribution < 1.29 is 24.1 Å². The van der Waals surface area contributed by atoms with Crippen LogP contribution in [0, 0.1) is 0 Å². The van der Waals surface area contributed by atoms with Gasteiger partial charge in [-0.05, 0) is 26.0 Å². The van der Waals surface area contributed by atoms with Crippen molar-refractivity contribution in [1.29, 1.82) is 0 Å². The molecule has 1 N–H and O–H groups in total. The van der Waals surface area contributed by atoms with Crippen LogP contribution in [0.1, 0.15) is 25.7 Å². The summed E-state index contributed by atoms with van der Waals surface area (Å²) in [5.74, 6) is 0.623. The van der Waals surface area contributed by atoms with Crippen molar-refractivity contribution in [3.8, 4) is 17.2 Å². The molecular formula is C13H20O5. The second-order valence-electron chi connectivity index (χ2n) is 3.52. The molecule has 0 spiro atoms. The minimum absolute atomic E-state index is 0.0319. The lowest BCUT2D eigenvalue weighted by atomic mass is 10.1. The Morgan fingerprint density at radius 1 is 1.00 bits per heavy atom. The molecule has 0 saturated heterocycles. The van der Waals surface area contributed by atoms with E-state index in [-0.39, 0.29) is 5.75 Å². The number of aromatic hydroxyl groups is 1. The smallest absolute Gasteiger partial charge is 0.200 e. The third kappa shape index (κ3) is 3.27. The number of benzene rings is 1. The van der Waals surface area contributed by atoms with Gasteiger partial charge in [0.2, 0.25) is 5.75 Å². The second-order valence-corrected chi connectivity index (χ2v) is 3.52. The van der Waals surface area contributed by atoms with Crippen molar-refractivity contribution in [2.24, 2.45) is 0 Å². The molecule has 0 aliphatic rings. The molecule has 102 valence electrons. The van der Waals surface area contributed by atoms with Crippen LogP contribution >= 0.6 is 0 Å². The molecule has 1 aromatic rings. The van der Waals surface area contributed by atoms with Gasteiger partial charge in [-0.2, -0.15) is 0 Å². The van der Waals surface area contributed by atoms with Gasteiger partial charge in [-0.1, -0.05) is 0 Å². The minimum atomic E-state index is -0.497. The number of ether oxygens (including phenoxy) is 4. The summed E-state index contributed by atoms with van der Waals surface area (Å²) in [6.45, 7) is 4.83. The maximum atomic E-state index is 9.82. The monoisotopic (exact) mass is 256 g/mol. The number of rotatable bonds is 7. The lowest BCUT2D eigenvalue weighted by Gasteiger charge is -2.19. The summed E-state index contributed by atoms with van der Waals surface area (Å²) >= 11 is 0. The van der Waals surface area contributed by atoms with Crippen molar-refractivity contribution >= 4 is 0 Å². The SMILES string of the molecule is CCOC(OCC)c1cc(OC)c(O)c(OC)c1. The fourth-order valence-electron chi connectivity index (χ4n) is 1.59. The number of phenols is 1. The van der Waals surface area contributed by atoms with E-state index in [1.165, 1.54) is 14.2 Å². The number of hydrogen-bond donors (Lipinski definition) is 1. The molecule has 0 aliphatic carbocycles. The van der Waals surface area contributed by atoms with Crippen LogP contribution in [0.25, 0.3) is 0 Å². The lowest BCUT2D eigenvalue weighted by molar-refractivity contribution is -0.140. The normalized spacial score (nSPS) is 10.7. The van der Waals surface area contributed by atoms with Gasteiger partial charge in [-0.25, -0.2) is 0 Å². The van der Waals surface area contributed by atoms with Crippen molar-refractivity contribution in [2.45, 2.75) is 20.1 Å². The summed E-state index contributed by atoms with van der Waals surface area (Å²) in [6, 6.07) is 3.35. The van der Waals surface area contributed by atoms with E-state index in [9.17, 15) is 5.11 Å². The Morgan fingerprint density at radius 3 is 1.78 bits per heavy atom. The van der Waals surface area contributed by atoms with E-state index in [1.54, 1.807) is 12.1 Å².